The molecule has 0 aliphatic rings. The third-order valence-corrected chi connectivity index (χ3v) is 4.05. The number of hydrogen-bond acceptors (Lipinski definition) is 4. The molecule has 0 bridgehead atoms. The Morgan fingerprint density at radius 2 is 2.00 bits per heavy atom. The molecule has 1 N–H and O–H groups in total. The lowest BCUT2D eigenvalue weighted by atomic mass is 10.2. The lowest BCUT2D eigenvalue weighted by Crippen LogP contribution is -1.98. The molecule has 0 aliphatic carbocycles. The summed E-state index contributed by atoms with van der Waals surface area (Å²) in [6.07, 6.45) is 0. The van der Waals surface area contributed by atoms with E-state index in [4.69, 9.17) is 4.74 Å². The summed E-state index contributed by atoms with van der Waals surface area (Å²) < 4.78 is 18.1. The van der Waals surface area contributed by atoms with Gasteiger partial charge in [0.25, 0.3) is 0 Å². The Labute approximate surface area is 132 Å². The lowest BCUT2D eigenvalue weighted by Gasteiger charge is -2.04. The molecular formula is C17H15FN2OS. The van der Waals surface area contributed by atoms with Crippen molar-refractivity contribution < 1.29 is 9.13 Å². The maximum absolute atomic E-state index is 12.9. The molecule has 22 heavy (non-hydrogen) atoms. The second-order valence-corrected chi connectivity index (χ2v) is 5.66. The molecule has 1 heterocycles. The first-order valence-corrected chi connectivity index (χ1v) is 7.71. The van der Waals surface area contributed by atoms with E-state index in [-0.39, 0.29) is 5.82 Å². The van der Waals surface area contributed by atoms with Gasteiger partial charge in [0.15, 0.2) is 0 Å². The van der Waals surface area contributed by atoms with E-state index < -0.39 is 0 Å². The van der Waals surface area contributed by atoms with Gasteiger partial charge in [-0.2, -0.15) is 0 Å². The van der Waals surface area contributed by atoms with E-state index in [1.54, 1.807) is 30.6 Å². The van der Waals surface area contributed by atoms with Crippen LogP contribution in [0.15, 0.2) is 53.9 Å². The minimum absolute atomic E-state index is 0.236. The summed E-state index contributed by atoms with van der Waals surface area (Å²) in [5, 5.41) is 6.23. The molecule has 0 saturated heterocycles. The van der Waals surface area contributed by atoms with E-state index in [2.05, 4.69) is 10.3 Å². The molecule has 0 atom stereocenters. The van der Waals surface area contributed by atoms with Gasteiger partial charge in [-0.1, -0.05) is 12.1 Å². The monoisotopic (exact) mass is 314 g/mol. The largest absolute Gasteiger partial charge is 0.497 e. The molecule has 5 heteroatoms. The highest BCUT2D eigenvalue weighted by Gasteiger charge is 2.05. The molecule has 1 aromatic heterocycles. The van der Waals surface area contributed by atoms with Crippen LogP contribution in [-0.2, 0) is 6.54 Å². The maximum Gasteiger partial charge on any atom is 0.123 e. The molecule has 0 radical (unpaired) electrons. The van der Waals surface area contributed by atoms with Crippen LogP contribution < -0.4 is 10.1 Å². The number of anilines is 1. The fourth-order valence-electron chi connectivity index (χ4n) is 2.05. The van der Waals surface area contributed by atoms with Gasteiger partial charge in [0.2, 0.25) is 0 Å². The van der Waals surface area contributed by atoms with Crippen LogP contribution in [0, 0.1) is 5.82 Å². The molecular weight excluding hydrogens is 299 g/mol. The number of aromatic nitrogens is 1. The van der Waals surface area contributed by atoms with E-state index in [0.717, 1.165) is 27.7 Å². The highest BCUT2D eigenvalue weighted by atomic mass is 32.1. The predicted molar refractivity (Wildman–Crippen MR) is 87.8 cm³/mol. The highest BCUT2D eigenvalue weighted by molar-refractivity contribution is 7.09. The summed E-state index contributed by atoms with van der Waals surface area (Å²) in [5.74, 6) is 0.580. The van der Waals surface area contributed by atoms with Crippen molar-refractivity contribution in [1.82, 2.24) is 4.98 Å². The SMILES string of the molecule is COc1cccc(-c2csc(CNc3ccc(F)cc3)n2)c1. The quantitative estimate of drug-likeness (QED) is 0.749. The van der Waals surface area contributed by atoms with Gasteiger partial charge in [-0.05, 0) is 36.4 Å². The Kier molecular flexibility index (Phi) is 4.34. The Bertz CT molecular complexity index is 755. The standard InChI is InChI=1S/C17H15FN2OS/c1-21-15-4-2-3-12(9-15)16-11-22-17(20-16)10-19-14-7-5-13(18)6-8-14/h2-9,11,19H,10H2,1H3. The average molecular weight is 314 g/mol. The topological polar surface area (TPSA) is 34.1 Å². The van der Waals surface area contributed by atoms with Crippen molar-refractivity contribution in [1.29, 1.82) is 0 Å². The van der Waals surface area contributed by atoms with Gasteiger partial charge >= 0.3 is 0 Å². The van der Waals surface area contributed by atoms with Crippen LogP contribution in [0.1, 0.15) is 5.01 Å². The molecule has 0 saturated carbocycles. The molecule has 0 unspecified atom stereocenters. The number of thiazole rings is 1. The number of rotatable bonds is 5. The van der Waals surface area contributed by atoms with Gasteiger partial charge in [0.05, 0.1) is 19.3 Å². The zero-order chi connectivity index (χ0) is 15.4. The number of ether oxygens (including phenoxy) is 1. The van der Waals surface area contributed by atoms with Gasteiger partial charge in [-0.25, -0.2) is 9.37 Å². The van der Waals surface area contributed by atoms with Crippen LogP contribution >= 0.6 is 11.3 Å². The summed E-state index contributed by atoms with van der Waals surface area (Å²) >= 11 is 1.59. The fourth-order valence-corrected chi connectivity index (χ4v) is 2.80. The minimum Gasteiger partial charge on any atom is -0.497 e. The van der Waals surface area contributed by atoms with Crippen LogP contribution in [0.2, 0.25) is 0 Å². The van der Waals surface area contributed by atoms with Gasteiger partial charge in [-0.3, -0.25) is 0 Å². The van der Waals surface area contributed by atoms with Crippen molar-refractivity contribution in [3.8, 4) is 17.0 Å². The van der Waals surface area contributed by atoms with Crippen molar-refractivity contribution in [2.24, 2.45) is 0 Å². The van der Waals surface area contributed by atoms with Gasteiger partial charge in [-0.15, -0.1) is 11.3 Å². The molecule has 0 spiro atoms. The summed E-state index contributed by atoms with van der Waals surface area (Å²) in [7, 11) is 1.65. The van der Waals surface area contributed by atoms with E-state index >= 15 is 0 Å². The van der Waals surface area contributed by atoms with E-state index in [1.807, 2.05) is 29.6 Å². The molecule has 0 fully saturated rings. The Morgan fingerprint density at radius 1 is 1.18 bits per heavy atom. The van der Waals surface area contributed by atoms with Crippen molar-refractivity contribution in [3.05, 3.63) is 64.7 Å². The zero-order valence-electron chi connectivity index (χ0n) is 12.0. The molecule has 3 aromatic rings. The minimum atomic E-state index is -0.236. The number of nitrogens with one attached hydrogen (secondary N) is 1. The summed E-state index contributed by atoms with van der Waals surface area (Å²) in [5.41, 5.74) is 2.84. The van der Waals surface area contributed by atoms with Crippen LogP contribution in [0.5, 0.6) is 5.75 Å². The lowest BCUT2D eigenvalue weighted by molar-refractivity contribution is 0.415. The predicted octanol–water partition coefficient (Wildman–Crippen LogP) is 4.57. The zero-order valence-corrected chi connectivity index (χ0v) is 12.9. The highest BCUT2D eigenvalue weighted by Crippen LogP contribution is 2.25. The van der Waals surface area contributed by atoms with Crippen LogP contribution in [0.3, 0.4) is 0 Å². The van der Waals surface area contributed by atoms with Crippen LogP contribution in [-0.4, -0.2) is 12.1 Å². The van der Waals surface area contributed by atoms with Gasteiger partial charge < -0.3 is 10.1 Å². The van der Waals surface area contributed by atoms with Crippen LogP contribution in [0.4, 0.5) is 10.1 Å². The van der Waals surface area contributed by atoms with E-state index in [0.29, 0.717) is 6.54 Å². The second-order valence-electron chi connectivity index (χ2n) is 4.72. The van der Waals surface area contributed by atoms with E-state index in [1.165, 1.54) is 12.1 Å². The molecule has 112 valence electrons. The number of methoxy groups -OCH3 is 1. The molecule has 0 amide bonds. The number of nitrogens with zero attached hydrogens (tertiary/aromatic N) is 1. The fraction of sp³-hybridized carbons (Fsp3) is 0.118. The Balaban J connectivity index is 1.69. The first-order chi connectivity index (χ1) is 10.7. The summed E-state index contributed by atoms with van der Waals surface area (Å²) in [4.78, 5) is 4.61. The second kappa shape index (κ2) is 6.58. The Hall–Kier alpha value is -2.40. The Morgan fingerprint density at radius 3 is 2.77 bits per heavy atom. The molecule has 0 aliphatic heterocycles. The van der Waals surface area contributed by atoms with Crippen LogP contribution in [0.25, 0.3) is 11.3 Å². The first kappa shape index (κ1) is 14.5. The van der Waals surface area contributed by atoms with Crippen molar-refractivity contribution in [3.63, 3.8) is 0 Å². The molecule has 3 rings (SSSR count). The number of benzene rings is 2. The third-order valence-electron chi connectivity index (χ3n) is 3.21. The average Bonchev–Trinajstić information content (AvgIpc) is 3.03. The summed E-state index contributed by atoms with van der Waals surface area (Å²) in [6, 6.07) is 14.1. The summed E-state index contributed by atoms with van der Waals surface area (Å²) in [6.45, 7) is 0.611. The maximum atomic E-state index is 12.9. The number of hydrogen-bond donors (Lipinski definition) is 1. The molecule has 3 nitrogen and oxygen atoms in total. The van der Waals surface area contributed by atoms with Gasteiger partial charge in [0, 0.05) is 16.6 Å². The van der Waals surface area contributed by atoms with Crippen molar-refractivity contribution in [2.45, 2.75) is 6.54 Å². The van der Waals surface area contributed by atoms with Crippen molar-refractivity contribution in [2.75, 3.05) is 12.4 Å². The smallest absolute Gasteiger partial charge is 0.123 e. The molecule has 2 aromatic carbocycles. The number of halogens is 1. The first-order valence-electron chi connectivity index (χ1n) is 6.83. The third kappa shape index (κ3) is 3.43. The van der Waals surface area contributed by atoms with E-state index in [9.17, 15) is 4.39 Å². The normalized spacial score (nSPS) is 10.5. The van der Waals surface area contributed by atoms with Gasteiger partial charge in [0.1, 0.15) is 16.6 Å². The van der Waals surface area contributed by atoms with Crippen molar-refractivity contribution >= 4 is 17.0 Å².